The number of nitrogens with zero attached hydrogens (tertiary/aromatic N) is 2. The molecule has 0 N–H and O–H groups in total. The predicted octanol–water partition coefficient (Wildman–Crippen LogP) is 5.69. The van der Waals surface area contributed by atoms with Gasteiger partial charge in [-0.2, -0.15) is 0 Å². The summed E-state index contributed by atoms with van der Waals surface area (Å²) in [6, 6.07) is 11.0. The third-order valence-electron chi connectivity index (χ3n) is 6.06. The SMILES string of the molecule is Cc1cc(Cl)ccc1OCCCC(=O)N1CCCN(C(=O)CCCOc2ccc(Cl)cc2C)CC1. The van der Waals surface area contributed by atoms with Crippen LogP contribution in [0.1, 0.15) is 43.2 Å². The summed E-state index contributed by atoms with van der Waals surface area (Å²) in [6.45, 7) is 7.35. The van der Waals surface area contributed by atoms with Crippen molar-refractivity contribution in [3.05, 3.63) is 57.6 Å². The molecule has 0 unspecified atom stereocenters. The maximum Gasteiger partial charge on any atom is 0.222 e. The fraction of sp³-hybridized carbons (Fsp3) is 0.481. The van der Waals surface area contributed by atoms with Crippen LogP contribution in [-0.4, -0.2) is 61.0 Å². The van der Waals surface area contributed by atoms with Crippen molar-refractivity contribution in [1.82, 2.24) is 9.80 Å². The quantitative estimate of drug-likeness (QED) is 0.377. The zero-order valence-corrected chi connectivity index (χ0v) is 22.0. The normalized spacial score (nSPS) is 13.9. The first kappa shape index (κ1) is 27.2. The van der Waals surface area contributed by atoms with Crippen molar-refractivity contribution in [1.29, 1.82) is 0 Å². The van der Waals surface area contributed by atoms with E-state index in [0.717, 1.165) is 29.0 Å². The molecule has 1 aliphatic rings. The second-order valence-corrected chi connectivity index (χ2v) is 9.71. The molecule has 6 nitrogen and oxygen atoms in total. The Balaban J connectivity index is 1.33. The van der Waals surface area contributed by atoms with E-state index >= 15 is 0 Å². The molecule has 190 valence electrons. The molecule has 1 saturated heterocycles. The van der Waals surface area contributed by atoms with Crippen molar-refractivity contribution < 1.29 is 19.1 Å². The van der Waals surface area contributed by atoms with E-state index in [-0.39, 0.29) is 11.8 Å². The van der Waals surface area contributed by atoms with Gasteiger partial charge in [0.2, 0.25) is 11.8 Å². The molecule has 2 aromatic rings. The molecule has 2 amide bonds. The molecular formula is C27H34Cl2N2O4. The van der Waals surface area contributed by atoms with E-state index in [0.29, 0.717) is 75.1 Å². The molecule has 0 atom stereocenters. The van der Waals surface area contributed by atoms with Crippen LogP contribution in [-0.2, 0) is 9.59 Å². The van der Waals surface area contributed by atoms with Crippen molar-refractivity contribution >= 4 is 35.0 Å². The van der Waals surface area contributed by atoms with Gasteiger partial charge in [0.15, 0.2) is 0 Å². The summed E-state index contributed by atoms with van der Waals surface area (Å²) < 4.78 is 11.6. The Labute approximate surface area is 218 Å². The minimum absolute atomic E-state index is 0.113. The molecule has 1 aliphatic heterocycles. The van der Waals surface area contributed by atoms with Crippen molar-refractivity contribution in [3.8, 4) is 11.5 Å². The maximum absolute atomic E-state index is 12.7. The van der Waals surface area contributed by atoms with E-state index < -0.39 is 0 Å². The summed E-state index contributed by atoms with van der Waals surface area (Å²) >= 11 is 11.9. The van der Waals surface area contributed by atoms with Gasteiger partial charge in [0.25, 0.3) is 0 Å². The fourth-order valence-electron chi connectivity index (χ4n) is 4.09. The topological polar surface area (TPSA) is 59.1 Å². The average molecular weight is 521 g/mol. The van der Waals surface area contributed by atoms with Crippen molar-refractivity contribution in [3.63, 3.8) is 0 Å². The second-order valence-electron chi connectivity index (χ2n) is 8.84. The molecular weight excluding hydrogens is 487 g/mol. The third-order valence-corrected chi connectivity index (χ3v) is 6.53. The second kappa shape index (κ2) is 13.6. The van der Waals surface area contributed by atoms with Gasteiger partial charge in [-0.3, -0.25) is 9.59 Å². The summed E-state index contributed by atoms with van der Waals surface area (Å²) in [6.07, 6.45) is 2.95. The first-order valence-electron chi connectivity index (χ1n) is 12.2. The number of amides is 2. The summed E-state index contributed by atoms with van der Waals surface area (Å²) in [5, 5.41) is 1.36. The molecule has 0 saturated carbocycles. The number of carbonyl (C=O) groups excluding carboxylic acids is 2. The largest absolute Gasteiger partial charge is 0.493 e. The van der Waals surface area contributed by atoms with Crippen molar-refractivity contribution in [2.24, 2.45) is 0 Å². The molecule has 3 rings (SSSR count). The Hall–Kier alpha value is -2.44. The number of ether oxygens (including phenoxy) is 2. The Morgan fingerprint density at radius 2 is 1.17 bits per heavy atom. The fourth-order valence-corrected chi connectivity index (χ4v) is 4.55. The lowest BCUT2D eigenvalue weighted by Crippen LogP contribution is -2.37. The molecule has 0 aliphatic carbocycles. The van der Waals surface area contributed by atoms with Crippen LogP contribution in [0.5, 0.6) is 11.5 Å². The highest BCUT2D eigenvalue weighted by atomic mass is 35.5. The zero-order chi connectivity index (χ0) is 25.2. The molecule has 0 radical (unpaired) electrons. The van der Waals surface area contributed by atoms with Crippen LogP contribution in [0.15, 0.2) is 36.4 Å². The van der Waals surface area contributed by atoms with Crippen LogP contribution in [0, 0.1) is 13.8 Å². The van der Waals surface area contributed by atoms with E-state index in [2.05, 4.69) is 0 Å². The first-order valence-corrected chi connectivity index (χ1v) is 12.9. The minimum atomic E-state index is 0.113. The molecule has 35 heavy (non-hydrogen) atoms. The van der Waals surface area contributed by atoms with Crippen LogP contribution >= 0.6 is 23.2 Å². The number of carbonyl (C=O) groups is 2. The third kappa shape index (κ3) is 8.62. The molecule has 0 spiro atoms. The maximum atomic E-state index is 12.7. The van der Waals surface area contributed by atoms with Gasteiger partial charge >= 0.3 is 0 Å². The number of benzene rings is 2. The molecule has 8 heteroatoms. The predicted molar refractivity (Wildman–Crippen MR) is 140 cm³/mol. The van der Waals surface area contributed by atoms with E-state index in [1.165, 1.54) is 0 Å². The van der Waals surface area contributed by atoms with Gasteiger partial charge in [0.1, 0.15) is 11.5 Å². The lowest BCUT2D eigenvalue weighted by atomic mass is 10.2. The first-order chi connectivity index (χ1) is 16.8. The number of rotatable bonds is 10. The number of hydrogen-bond acceptors (Lipinski definition) is 4. The Morgan fingerprint density at radius 3 is 1.57 bits per heavy atom. The monoisotopic (exact) mass is 520 g/mol. The smallest absolute Gasteiger partial charge is 0.222 e. The summed E-state index contributed by atoms with van der Waals surface area (Å²) in [5.41, 5.74) is 1.96. The molecule has 0 bridgehead atoms. The molecule has 1 fully saturated rings. The van der Waals surface area contributed by atoms with Crippen molar-refractivity contribution in [2.75, 3.05) is 39.4 Å². The number of halogens is 2. The van der Waals surface area contributed by atoms with Crippen LogP contribution < -0.4 is 9.47 Å². The Bertz CT molecular complexity index is 935. The van der Waals surface area contributed by atoms with E-state index in [4.69, 9.17) is 32.7 Å². The van der Waals surface area contributed by atoms with Crippen LogP contribution in [0.25, 0.3) is 0 Å². The molecule has 0 aromatic heterocycles. The summed E-state index contributed by atoms with van der Waals surface area (Å²) in [7, 11) is 0. The van der Waals surface area contributed by atoms with Gasteiger partial charge in [0, 0.05) is 49.1 Å². The number of hydrogen-bond donors (Lipinski definition) is 0. The highest BCUT2D eigenvalue weighted by Gasteiger charge is 2.21. The van der Waals surface area contributed by atoms with E-state index in [9.17, 15) is 9.59 Å². The molecule has 2 aromatic carbocycles. The van der Waals surface area contributed by atoms with Gasteiger partial charge in [-0.05, 0) is 80.6 Å². The highest BCUT2D eigenvalue weighted by molar-refractivity contribution is 6.31. The zero-order valence-electron chi connectivity index (χ0n) is 20.5. The summed E-state index contributed by atoms with van der Waals surface area (Å²) in [4.78, 5) is 29.1. The van der Waals surface area contributed by atoms with Gasteiger partial charge < -0.3 is 19.3 Å². The van der Waals surface area contributed by atoms with Gasteiger partial charge in [0.05, 0.1) is 13.2 Å². The molecule has 1 heterocycles. The minimum Gasteiger partial charge on any atom is -0.493 e. The van der Waals surface area contributed by atoms with Crippen LogP contribution in [0.3, 0.4) is 0 Å². The van der Waals surface area contributed by atoms with Crippen molar-refractivity contribution in [2.45, 2.75) is 46.0 Å². The lowest BCUT2D eigenvalue weighted by molar-refractivity contribution is -0.133. The average Bonchev–Trinajstić information content (AvgIpc) is 3.08. The summed E-state index contributed by atoms with van der Waals surface area (Å²) in [5.74, 6) is 1.81. The highest BCUT2D eigenvalue weighted by Crippen LogP contribution is 2.23. The van der Waals surface area contributed by atoms with Gasteiger partial charge in [-0.1, -0.05) is 23.2 Å². The standard InChI is InChI=1S/C27H34Cl2N2O4/c1-20-18-22(28)8-10-24(20)34-16-3-6-26(32)30-12-5-13-31(15-14-30)27(33)7-4-17-35-25-11-9-23(29)19-21(25)2/h8-11,18-19H,3-7,12-17H2,1-2H3. The van der Waals surface area contributed by atoms with E-state index in [1.54, 1.807) is 12.1 Å². The van der Waals surface area contributed by atoms with E-state index in [1.807, 2.05) is 47.9 Å². The Kier molecular flexibility index (Phi) is 10.5. The van der Waals surface area contributed by atoms with Gasteiger partial charge in [-0.15, -0.1) is 0 Å². The number of aryl methyl sites for hydroxylation is 2. The lowest BCUT2D eigenvalue weighted by Gasteiger charge is -2.22. The van der Waals surface area contributed by atoms with Crippen LogP contribution in [0.4, 0.5) is 0 Å². The van der Waals surface area contributed by atoms with Crippen LogP contribution in [0.2, 0.25) is 10.0 Å². The van der Waals surface area contributed by atoms with Gasteiger partial charge in [-0.25, -0.2) is 0 Å². The Morgan fingerprint density at radius 1 is 0.743 bits per heavy atom.